The van der Waals surface area contributed by atoms with Gasteiger partial charge in [-0.3, -0.25) is 4.79 Å². The van der Waals surface area contributed by atoms with Crippen molar-refractivity contribution in [3.05, 3.63) is 18.1 Å². The van der Waals surface area contributed by atoms with Gasteiger partial charge in [0.25, 0.3) is 5.91 Å². The second-order valence-corrected chi connectivity index (χ2v) is 2.92. The third kappa shape index (κ3) is 2.65. The van der Waals surface area contributed by atoms with Crippen molar-refractivity contribution in [2.45, 2.75) is 13.8 Å². The van der Waals surface area contributed by atoms with E-state index in [-0.39, 0.29) is 5.91 Å². The molecule has 82 valence electrons. The number of amides is 1. The molecular weight excluding hydrogens is 194 g/mol. The van der Waals surface area contributed by atoms with Gasteiger partial charge in [0.15, 0.2) is 0 Å². The smallest absolute Gasteiger partial charge is 0.272 e. The first-order valence-corrected chi connectivity index (χ1v) is 4.88. The van der Waals surface area contributed by atoms with Gasteiger partial charge in [-0.1, -0.05) is 0 Å². The van der Waals surface area contributed by atoms with Gasteiger partial charge in [-0.15, -0.1) is 0 Å². The van der Waals surface area contributed by atoms with Crippen LogP contribution in [0.15, 0.2) is 12.4 Å². The van der Waals surface area contributed by atoms with E-state index in [2.05, 4.69) is 9.97 Å². The molecule has 0 radical (unpaired) electrons. The van der Waals surface area contributed by atoms with Gasteiger partial charge >= 0.3 is 0 Å². The molecule has 5 heteroatoms. The molecule has 15 heavy (non-hydrogen) atoms. The lowest BCUT2D eigenvalue weighted by Gasteiger charge is -2.17. The molecule has 0 aliphatic rings. The van der Waals surface area contributed by atoms with E-state index in [1.165, 1.54) is 13.4 Å². The molecule has 0 aliphatic heterocycles. The third-order valence-corrected chi connectivity index (χ3v) is 2.12. The Morgan fingerprint density at radius 1 is 1.40 bits per heavy atom. The Morgan fingerprint density at radius 2 is 2.07 bits per heavy atom. The maximum atomic E-state index is 11.9. The van der Waals surface area contributed by atoms with Crippen LogP contribution < -0.4 is 4.74 Å². The molecule has 0 aromatic carbocycles. The Hall–Kier alpha value is -1.65. The second-order valence-electron chi connectivity index (χ2n) is 2.92. The van der Waals surface area contributed by atoms with Crippen molar-refractivity contribution < 1.29 is 9.53 Å². The maximum absolute atomic E-state index is 11.9. The Kier molecular flexibility index (Phi) is 4.03. The monoisotopic (exact) mass is 209 g/mol. The maximum Gasteiger partial charge on any atom is 0.272 e. The summed E-state index contributed by atoms with van der Waals surface area (Å²) in [6, 6.07) is 1.54. The zero-order valence-electron chi connectivity index (χ0n) is 9.23. The molecular formula is C10H15N3O2. The van der Waals surface area contributed by atoms with Crippen LogP contribution in [0.1, 0.15) is 24.3 Å². The molecule has 1 rings (SSSR count). The standard InChI is InChI=1S/C10H15N3O2/c1-4-13(5-2)10(14)8-6-9(15-3)12-7-11-8/h6-7H,4-5H2,1-3H3. The quantitative estimate of drug-likeness (QED) is 0.741. The van der Waals surface area contributed by atoms with Crippen LogP contribution in [0.3, 0.4) is 0 Å². The van der Waals surface area contributed by atoms with Gasteiger partial charge in [0.05, 0.1) is 7.11 Å². The molecule has 0 fully saturated rings. The van der Waals surface area contributed by atoms with Gasteiger partial charge in [-0.05, 0) is 13.8 Å². The molecule has 1 aromatic heterocycles. The fraction of sp³-hybridized carbons (Fsp3) is 0.500. The van der Waals surface area contributed by atoms with Crippen molar-refractivity contribution >= 4 is 5.91 Å². The van der Waals surface area contributed by atoms with E-state index in [0.29, 0.717) is 24.7 Å². The first-order chi connectivity index (χ1) is 7.22. The highest BCUT2D eigenvalue weighted by Gasteiger charge is 2.14. The molecule has 0 bridgehead atoms. The van der Waals surface area contributed by atoms with E-state index in [0.717, 1.165) is 0 Å². The molecule has 0 aliphatic carbocycles. The highest BCUT2D eigenvalue weighted by molar-refractivity contribution is 5.92. The first-order valence-electron chi connectivity index (χ1n) is 4.88. The lowest BCUT2D eigenvalue weighted by molar-refractivity contribution is 0.0766. The van der Waals surface area contributed by atoms with Crippen LogP contribution in [0.5, 0.6) is 5.88 Å². The number of carbonyl (C=O) groups is 1. The SMILES string of the molecule is CCN(CC)C(=O)c1cc(OC)ncn1. The van der Waals surface area contributed by atoms with E-state index in [4.69, 9.17) is 4.74 Å². The Bertz CT molecular complexity index is 337. The molecule has 1 heterocycles. The van der Waals surface area contributed by atoms with Crippen molar-refractivity contribution in [3.63, 3.8) is 0 Å². The Labute approximate surface area is 89.1 Å². The molecule has 1 aromatic rings. The number of aromatic nitrogens is 2. The van der Waals surface area contributed by atoms with Gasteiger partial charge < -0.3 is 9.64 Å². The first kappa shape index (κ1) is 11.4. The summed E-state index contributed by atoms with van der Waals surface area (Å²) in [5.74, 6) is 0.307. The number of methoxy groups -OCH3 is 1. The summed E-state index contributed by atoms with van der Waals surface area (Å²) in [5, 5.41) is 0. The summed E-state index contributed by atoms with van der Waals surface area (Å²) in [4.78, 5) is 21.3. The summed E-state index contributed by atoms with van der Waals surface area (Å²) in [7, 11) is 1.51. The minimum absolute atomic E-state index is 0.0966. The topological polar surface area (TPSA) is 55.3 Å². The number of ether oxygens (including phenoxy) is 1. The van der Waals surface area contributed by atoms with Crippen LogP contribution >= 0.6 is 0 Å². The van der Waals surface area contributed by atoms with Crippen LogP contribution in [-0.4, -0.2) is 41.0 Å². The normalized spacial score (nSPS) is 9.80. The fourth-order valence-corrected chi connectivity index (χ4v) is 1.24. The average Bonchev–Trinajstić information content (AvgIpc) is 2.30. The van der Waals surface area contributed by atoms with Crippen molar-refractivity contribution in [1.82, 2.24) is 14.9 Å². The number of nitrogens with zero attached hydrogens (tertiary/aromatic N) is 3. The van der Waals surface area contributed by atoms with Crippen LogP contribution in [0.2, 0.25) is 0 Å². The second kappa shape index (κ2) is 5.29. The van der Waals surface area contributed by atoms with Crippen molar-refractivity contribution in [3.8, 4) is 5.88 Å². The van der Waals surface area contributed by atoms with E-state index in [1.54, 1.807) is 11.0 Å². The number of rotatable bonds is 4. The van der Waals surface area contributed by atoms with Gasteiger partial charge in [0, 0.05) is 19.2 Å². The van der Waals surface area contributed by atoms with Crippen LogP contribution in [0.4, 0.5) is 0 Å². The molecule has 0 atom stereocenters. The minimum atomic E-state index is -0.0966. The highest BCUT2D eigenvalue weighted by atomic mass is 16.5. The van der Waals surface area contributed by atoms with Crippen LogP contribution in [-0.2, 0) is 0 Å². The summed E-state index contributed by atoms with van der Waals surface area (Å²) in [5.41, 5.74) is 0.366. The number of hydrogen-bond acceptors (Lipinski definition) is 4. The lowest BCUT2D eigenvalue weighted by Crippen LogP contribution is -2.31. The minimum Gasteiger partial charge on any atom is -0.481 e. The van der Waals surface area contributed by atoms with Gasteiger partial charge in [0.1, 0.15) is 12.0 Å². The molecule has 0 saturated carbocycles. The zero-order chi connectivity index (χ0) is 11.3. The summed E-state index contributed by atoms with van der Waals surface area (Å²) in [6.45, 7) is 5.20. The number of hydrogen-bond donors (Lipinski definition) is 0. The van der Waals surface area contributed by atoms with Crippen molar-refractivity contribution in [2.24, 2.45) is 0 Å². The largest absolute Gasteiger partial charge is 0.481 e. The fourth-order valence-electron chi connectivity index (χ4n) is 1.24. The molecule has 0 spiro atoms. The summed E-state index contributed by atoms with van der Waals surface area (Å²) < 4.78 is 4.93. The van der Waals surface area contributed by atoms with Crippen molar-refractivity contribution in [2.75, 3.05) is 20.2 Å². The lowest BCUT2D eigenvalue weighted by atomic mass is 10.3. The molecule has 1 amide bonds. The molecule has 5 nitrogen and oxygen atoms in total. The predicted octanol–water partition coefficient (Wildman–Crippen LogP) is 0.967. The van der Waals surface area contributed by atoms with E-state index >= 15 is 0 Å². The van der Waals surface area contributed by atoms with Gasteiger partial charge in [-0.2, -0.15) is 0 Å². The zero-order valence-corrected chi connectivity index (χ0v) is 9.23. The third-order valence-electron chi connectivity index (χ3n) is 2.12. The summed E-state index contributed by atoms with van der Waals surface area (Å²) >= 11 is 0. The Balaban J connectivity index is 2.90. The van der Waals surface area contributed by atoms with Gasteiger partial charge in [0.2, 0.25) is 5.88 Å². The molecule has 0 N–H and O–H groups in total. The number of carbonyl (C=O) groups excluding carboxylic acids is 1. The van der Waals surface area contributed by atoms with Crippen molar-refractivity contribution in [1.29, 1.82) is 0 Å². The molecule has 0 saturated heterocycles. The highest BCUT2D eigenvalue weighted by Crippen LogP contribution is 2.08. The average molecular weight is 209 g/mol. The molecule has 0 unspecified atom stereocenters. The predicted molar refractivity (Wildman–Crippen MR) is 55.8 cm³/mol. The Morgan fingerprint density at radius 3 is 2.60 bits per heavy atom. The van der Waals surface area contributed by atoms with Crippen LogP contribution in [0.25, 0.3) is 0 Å². The van der Waals surface area contributed by atoms with Gasteiger partial charge in [-0.25, -0.2) is 9.97 Å². The van der Waals surface area contributed by atoms with E-state index < -0.39 is 0 Å². The van der Waals surface area contributed by atoms with E-state index in [9.17, 15) is 4.79 Å². The van der Waals surface area contributed by atoms with Crippen LogP contribution in [0, 0.1) is 0 Å². The van der Waals surface area contributed by atoms with E-state index in [1.807, 2.05) is 13.8 Å². The summed E-state index contributed by atoms with van der Waals surface area (Å²) in [6.07, 6.45) is 1.33.